The molecule has 2 aromatic carbocycles. The number of amides is 2. The third-order valence-electron chi connectivity index (χ3n) is 5.21. The summed E-state index contributed by atoms with van der Waals surface area (Å²) in [5.74, 6) is 1.37. The van der Waals surface area contributed by atoms with E-state index >= 15 is 0 Å². The number of hydrogen-bond donors (Lipinski definition) is 1. The maximum Gasteiger partial charge on any atom is 0.318 e. The molecule has 1 saturated heterocycles. The van der Waals surface area contributed by atoms with E-state index in [1.807, 2.05) is 47.4 Å². The molecular weight excluding hydrogens is 362 g/mol. The summed E-state index contributed by atoms with van der Waals surface area (Å²) in [4.78, 5) is 17.3. The standard InChI is InChI=1S/C24H33N3O2/c1-19(2)18-29-23-11-9-20(10-12-23)15-25-24(28)27(22-13-14-26(3)17-22)16-21-7-5-4-6-8-21/h4-12,19,22H,13-18H2,1-3H3,(H,25,28). The molecule has 5 heteroatoms. The molecule has 1 aliphatic rings. The second kappa shape index (κ2) is 10.3. The predicted molar refractivity (Wildman–Crippen MR) is 117 cm³/mol. The van der Waals surface area contributed by atoms with Crippen molar-refractivity contribution in [2.45, 2.75) is 39.4 Å². The lowest BCUT2D eigenvalue weighted by molar-refractivity contribution is 0.170. The van der Waals surface area contributed by atoms with E-state index in [9.17, 15) is 4.79 Å². The number of benzene rings is 2. The second-order valence-electron chi connectivity index (χ2n) is 8.33. The Kier molecular flexibility index (Phi) is 7.53. The highest BCUT2D eigenvalue weighted by molar-refractivity contribution is 5.74. The fraction of sp³-hybridized carbons (Fsp3) is 0.458. The highest BCUT2D eigenvalue weighted by Crippen LogP contribution is 2.18. The Morgan fingerprint density at radius 1 is 1.14 bits per heavy atom. The smallest absolute Gasteiger partial charge is 0.318 e. The molecule has 1 N–H and O–H groups in total. The van der Waals surface area contributed by atoms with E-state index in [1.54, 1.807) is 0 Å². The maximum atomic E-state index is 13.0. The van der Waals surface area contributed by atoms with Crippen LogP contribution in [0.3, 0.4) is 0 Å². The third kappa shape index (κ3) is 6.50. The molecule has 29 heavy (non-hydrogen) atoms. The number of ether oxygens (including phenoxy) is 1. The van der Waals surface area contributed by atoms with Crippen LogP contribution in [0.5, 0.6) is 5.75 Å². The first kappa shape index (κ1) is 21.2. The Hall–Kier alpha value is -2.53. The van der Waals surface area contributed by atoms with E-state index in [0.717, 1.165) is 36.4 Å². The Bertz CT molecular complexity index is 761. The number of hydrogen-bond acceptors (Lipinski definition) is 3. The molecule has 1 aliphatic heterocycles. The number of rotatable bonds is 8. The van der Waals surface area contributed by atoms with Crippen molar-refractivity contribution in [2.75, 3.05) is 26.7 Å². The quantitative estimate of drug-likeness (QED) is 0.731. The van der Waals surface area contributed by atoms with Crippen LogP contribution in [-0.4, -0.2) is 48.6 Å². The zero-order valence-electron chi connectivity index (χ0n) is 17.8. The van der Waals surface area contributed by atoms with Crippen LogP contribution < -0.4 is 10.1 Å². The fourth-order valence-corrected chi connectivity index (χ4v) is 3.56. The van der Waals surface area contributed by atoms with Crippen LogP contribution >= 0.6 is 0 Å². The zero-order chi connectivity index (χ0) is 20.6. The summed E-state index contributed by atoms with van der Waals surface area (Å²) in [6.07, 6.45) is 1.01. The first-order valence-corrected chi connectivity index (χ1v) is 10.5. The number of urea groups is 1. The van der Waals surface area contributed by atoms with Crippen molar-refractivity contribution in [3.63, 3.8) is 0 Å². The van der Waals surface area contributed by atoms with Gasteiger partial charge in [-0.3, -0.25) is 0 Å². The van der Waals surface area contributed by atoms with Gasteiger partial charge in [-0.05, 0) is 49.2 Å². The van der Waals surface area contributed by atoms with Crippen LogP contribution in [0.25, 0.3) is 0 Å². The molecule has 0 spiro atoms. The molecule has 3 rings (SSSR count). The van der Waals surface area contributed by atoms with E-state index in [0.29, 0.717) is 25.6 Å². The molecule has 1 atom stereocenters. The summed E-state index contributed by atoms with van der Waals surface area (Å²) in [6.45, 7) is 8.06. The van der Waals surface area contributed by atoms with Crippen molar-refractivity contribution in [3.05, 3.63) is 65.7 Å². The highest BCUT2D eigenvalue weighted by atomic mass is 16.5. The summed E-state index contributed by atoms with van der Waals surface area (Å²) < 4.78 is 5.73. The molecule has 156 valence electrons. The van der Waals surface area contributed by atoms with Gasteiger partial charge in [0.15, 0.2) is 0 Å². The van der Waals surface area contributed by atoms with Gasteiger partial charge in [-0.2, -0.15) is 0 Å². The predicted octanol–water partition coefficient (Wildman–Crippen LogP) is 4.14. The molecule has 0 radical (unpaired) electrons. The van der Waals surface area contributed by atoms with Crippen molar-refractivity contribution in [2.24, 2.45) is 5.92 Å². The molecule has 2 aromatic rings. The first-order chi connectivity index (χ1) is 14.0. The molecule has 0 bridgehead atoms. The lowest BCUT2D eigenvalue weighted by Gasteiger charge is -2.29. The van der Waals surface area contributed by atoms with Gasteiger partial charge in [0, 0.05) is 25.7 Å². The average molecular weight is 396 g/mol. The van der Waals surface area contributed by atoms with Gasteiger partial charge in [0.05, 0.1) is 6.61 Å². The summed E-state index contributed by atoms with van der Waals surface area (Å²) in [7, 11) is 2.11. The van der Waals surface area contributed by atoms with E-state index in [2.05, 4.69) is 43.2 Å². The molecule has 0 aliphatic carbocycles. The number of nitrogens with one attached hydrogen (secondary N) is 1. The van der Waals surface area contributed by atoms with E-state index < -0.39 is 0 Å². The molecule has 1 fully saturated rings. The van der Waals surface area contributed by atoms with Crippen molar-refractivity contribution < 1.29 is 9.53 Å². The van der Waals surface area contributed by atoms with Crippen LogP contribution in [0.4, 0.5) is 4.79 Å². The van der Waals surface area contributed by atoms with Gasteiger partial charge in [-0.25, -0.2) is 4.79 Å². The normalized spacial score (nSPS) is 16.8. The van der Waals surface area contributed by atoms with Crippen LogP contribution in [0.15, 0.2) is 54.6 Å². The summed E-state index contributed by atoms with van der Waals surface area (Å²) >= 11 is 0. The van der Waals surface area contributed by atoms with E-state index in [-0.39, 0.29) is 12.1 Å². The Labute approximate surface area is 174 Å². The maximum absolute atomic E-state index is 13.0. The van der Waals surface area contributed by atoms with Crippen LogP contribution in [-0.2, 0) is 13.1 Å². The van der Waals surface area contributed by atoms with Gasteiger partial charge in [-0.15, -0.1) is 0 Å². The molecule has 2 amide bonds. The van der Waals surface area contributed by atoms with Gasteiger partial charge < -0.3 is 19.9 Å². The molecule has 5 nitrogen and oxygen atoms in total. The Morgan fingerprint density at radius 3 is 2.48 bits per heavy atom. The summed E-state index contributed by atoms with van der Waals surface area (Å²) in [6, 6.07) is 18.4. The Balaban J connectivity index is 1.59. The molecule has 1 unspecified atom stereocenters. The van der Waals surface area contributed by atoms with Crippen LogP contribution in [0.1, 0.15) is 31.4 Å². The lowest BCUT2D eigenvalue weighted by atomic mass is 10.1. The first-order valence-electron chi connectivity index (χ1n) is 10.5. The minimum absolute atomic E-state index is 0.00529. The number of likely N-dealkylation sites (N-methyl/N-ethyl adjacent to an activating group) is 1. The second-order valence-corrected chi connectivity index (χ2v) is 8.33. The summed E-state index contributed by atoms with van der Waals surface area (Å²) in [5, 5.41) is 3.11. The van der Waals surface area contributed by atoms with Crippen LogP contribution in [0, 0.1) is 5.92 Å². The van der Waals surface area contributed by atoms with E-state index in [4.69, 9.17) is 4.74 Å². The topological polar surface area (TPSA) is 44.8 Å². The minimum Gasteiger partial charge on any atom is -0.493 e. The van der Waals surface area contributed by atoms with Gasteiger partial charge >= 0.3 is 6.03 Å². The number of nitrogens with zero attached hydrogens (tertiary/aromatic N) is 2. The van der Waals surface area contributed by atoms with Crippen molar-refractivity contribution in [1.82, 2.24) is 15.1 Å². The van der Waals surface area contributed by atoms with Gasteiger partial charge in [0.25, 0.3) is 0 Å². The molecular formula is C24H33N3O2. The SMILES string of the molecule is CC(C)COc1ccc(CNC(=O)N(Cc2ccccc2)C2CCN(C)C2)cc1. The summed E-state index contributed by atoms with van der Waals surface area (Å²) in [5.41, 5.74) is 2.22. The lowest BCUT2D eigenvalue weighted by Crippen LogP contribution is -2.46. The number of carbonyl (C=O) groups excluding carboxylic acids is 1. The van der Waals surface area contributed by atoms with Gasteiger partial charge in [0.1, 0.15) is 5.75 Å². The average Bonchev–Trinajstić information content (AvgIpc) is 3.16. The van der Waals surface area contributed by atoms with Crippen molar-refractivity contribution in [1.29, 1.82) is 0 Å². The van der Waals surface area contributed by atoms with Crippen molar-refractivity contribution >= 4 is 6.03 Å². The van der Waals surface area contributed by atoms with E-state index in [1.165, 1.54) is 0 Å². The third-order valence-corrected chi connectivity index (χ3v) is 5.21. The largest absolute Gasteiger partial charge is 0.493 e. The molecule has 1 heterocycles. The molecule has 0 saturated carbocycles. The fourth-order valence-electron chi connectivity index (χ4n) is 3.56. The Morgan fingerprint density at radius 2 is 1.86 bits per heavy atom. The number of carbonyl (C=O) groups is 1. The highest BCUT2D eigenvalue weighted by Gasteiger charge is 2.29. The molecule has 0 aromatic heterocycles. The minimum atomic E-state index is -0.00529. The number of likely N-dealkylation sites (tertiary alicyclic amines) is 1. The zero-order valence-corrected chi connectivity index (χ0v) is 17.8. The monoisotopic (exact) mass is 395 g/mol. The van der Waals surface area contributed by atoms with Gasteiger partial charge in [-0.1, -0.05) is 56.3 Å². The van der Waals surface area contributed by atoms with Crippen LogP contribution in [0.2, 0.25) is 0 Å². The van der Waals surface area contributed by atoms with Gasteiger partial charge in [0.2, 0.25) is 0 Å². The van der Waals surface area contributed by atoms with Crippen molar-refractivity contribution in [3.8, 4) is 5.75 Å².